The van der Waals surface area contributed by atoms with E-state index >= 15 is 0 Å². The molecule has 2 N–H and O–H groups in total. The molecule has 2 rings (SSSR count). The Morgan fingerprint density at radius 2 is 1.89 bits per heavy atom. The van der Waals surface area contributed by atoms with Crippen LogP contribution >= 0.6 is 0 Å². The minimum Gasteiger partial charge on any atom is -0.351 e. The zero-order chi connectivity index (χ0) is 12.8. The lowest BCUT2D eigenvalue weighted by Crippen LogP contribution is -2.50. The molecular formula is C14H27N3O. The van der Waals surface area contributed by atoms with Gasteiger partial charge in [0, 0.05) is 18.6 Å². The number of nitrogens with zero attached hydrogens (tertiary/aromatic N) is 1. The lowest BCUT2D eigenvalue weighted by molar-refractivity contribution is -0.121. The van der Waals surface area contributed by atoms with E-state index in [1.54, 1.807) is 0 Å². The highest BCUT2D eigenvalue weighted by atomic mass is 16.2. The van der Waals surface area contributed by atoms with E-state index in [9.17, 15) is 4.79 Å². The molecule has 2 aliphatic rings. The Balaban J connectivity index is 1.63. The van der Waals surface area contributed by atoms with Crippen molar-refractivity contribution in [1.29, 1.82) is 0 Å². The van der Waals surface area contributed by atoms with E-state index in [0.717, 1.165) is 19.5 Å². The first kappa shape index (κ1) is 13.8. The van der Waals surface area contributed by atoms with Gasteiger partial charge in [0.2, 0.25) is 5.91 Å². The number of likely N-dealkylation sites (tertiary alicyclic amines) is 1. The summed E-state index contributed by atoms with van der Waals surface area (Å²) in [6, 6.07) is 0.936. The van der Waals surface area contributed by atoms with Crippen molar-refractivity contribution in [2.75, 3.05) is 26.2 Å². The van der Waals surface area contributed by atoms with E-state index in [0.29, 0.717) is 18.6 Å². The van der Waals surface area contributed by atoms with Crippen molar-refractivity contribution in [3.8, 4) is 0 Å². The van der Waals surface area contributed by atoms with Gasteiger partial charge < -0.3 is 15.5 Å². The average Bonchev–Trinajstić information content (AvgIpc) is 2.90. The molecule has 0 radical (unpaired) electrons. The highest BCUT2D eigenvalue weighted by Crippen LogP contribution is 2.17. The highest BCUT2D eigenvalue weighted by molar-refractivity contribution is 5.78. The van der Waals surface area contributed by atoms with Crippen LogP contribution in [0.15, 0.2) is 0 Å². The van der Waals surface area contributed by atoms with Crippen LogP contribution in [0.25, 0.3) is 0 Å². The first-order chi connectivity index (χ1) is 8.78. The predicted octanol–water partition coefficient (Wildman–Crippen LogP) is 1.12. The second-order valence-corrected chi connectivity index (χ2v) is 5.66. The van der Waals surface area contributed by atoms with Crippen molar-refractivity contribution in [2.24, 2.45) is 0 Å². The van der Waals surface area contributed by atoms with Crippen LogP contribution in [0.4, 0.5) is 0 Å². The molecule has 18 heavy (non-hydrogen) atoms. The van der Waals surface area contributed by atoms with Crippen LogP contribution in [0.1, 0.15) is 45.4 Å². The Morgan fingerprint density at radius 1 is 1.17 bits per heavy atom. The van der Waals surface area contributed by atoms with Gasteiger partial charge in [0.05, 0.1) is 6.54 Å². The minimum absolute atomic E-state index is 0.171. The first-order valence-corrected chi connectivity index (χ1v) is 7.53. The zero-order valence-electron chi connectivity index (χ0n) is 11.6. The Bertz CT molecular complexity index is 264. The quantitative estimate of drug-likeness (QED) is 0.772. The van der Waals surface area contributed by atoms with Crippen LogP contribution in [0.2, 0.25) is 0 Å². The van der Waals surface area contributed by atoms with E-state index in [-0.39, 0.29) is 5.91 Å². The summed E-state index contributed by atoms with van der Waals surface area (Å²) in [6.45, 7) is 5.97. The molecule has 1 saturated heterocycles. The van der Waals surface area contributed by atoms with Crippen LogP contribution in [-0.4, -0.2) is 49.1 Å². The van der Waals surface area contributed by atoms with Gasteiger partial charge in [-0.25, -0.2) is 0 Å². The fraction of sp³-hybridized carbons (Fsp3) is 0.929. The second kappa shape index (κ2) is 7.10. The lowest BCUT2D eigenvalue weighted by Gasteiger charge is -2.32. The number of piperidine rings is 1. The summed E-state index contributed by atoms with van der Waals surface area (Å²) in [5.74, 6) is 0.171. The number of likely N-dealkylation sites (N-methyl/N-ethyl adjacent to an activating group) is 1. The molecule has 4 heteroatoms. The largest absolute Gasteiger partial charge is 0.351 e. The van der Waals surface area contributed by atoms with Gasteiger partial charge in [0.25, 0.3) is 0 Å². The maximum absolute atomic E-state index is 11.9. The van der Waals surface area contributed by atoms with Crippen LogP contribution in [0.3, 0.4) is 0 Å². The molecule has 1 aliphatic heterocycles. The summed E-state index contributed by atoms with van der Waals surface area (Å²) in [5, 5.41) is 6.53. The van der Waals surface area contributed by atoms with Crippen LogP contribution in [0, 0.1) is 0 Å². The van der Waals surface area contributed by atoms with Crippen molar-refractivity contribution in [3.63, 3.8) is 0 Å². The van der Waals surface area contributed by atoms with Crippen LogP contribution in [-0.2, 0) is 4.79 Å². The number of rotatable bonds is 5. The highest BCUT2D eigenvalue weighted by Gasteiger charge is 2.21. The number of hydrogen-bond donors (Lipinski definition) is 2. The van der Waals surface area contributed by atoms with Crippen LogP contribution in [0.5, 0.6) is 0 Å². The van der Waals surface area contributed by atoms with Gasteiger partial charge in [0.1, 0.15) is 0 Å². The third-order valence-electron chi connectivity index (χ3n) is 4.22. The van der Waals surface area contributed by atoms with E-state index in [4.69, 9.17) is 0 Å². The van der Waals surface area contributed by atoms with E-state index < -0.39 is 0 Å². The van der Waals surface area contributed by atoms with Gasteiger partial charge in [-0.15, -0.1) is 0 Å². The Kier molecular flexibility index (Phi) is 5.45. The molecule has 1 heterocycles. The molecule has 1 aliphatic carbocycles. The fourth-order valence-electron chi connectivity index (χ4n) is 3.11. The molecule has 0 aromatic carbocycles. The SMILES string of the molecule is CCN1CCCC(NC(=O)CNC2CCCC2)C1. The Labute approximate surface area is 110 Å². The number of amides is 1. The molecule has 0 spiro atoms. The number of carbonyl (C=O) groups excluding carboxylic acids is 1. The van der Waals surface area contributed by atoms with Gasteiger partial charge in [0.15, 0.2) is 0 Å². The third kappa shape index (κ3) is 4.25. The Morgan fingerprint density at radius 3 is 2.61 bits per heavy atom. The molecule has 0 bridgehead atoms. The van der Waals surface area contributed by atoms with Gasteiger partial charge in [-0.05, 0) is 38.8 Å². The molecule has 1 amide bonds. The standard InChI is InChI=1S/C14H27N3O/c1-2-17-9-5-8-13(11-17)16-14(18)10-15-12-6-3-4-7-12/h12-13,15H,2-11H2,1H3,(H,16,18). The summed E-state index contributed by atoms with van der Waals surface area (Å²) in [7, 11) is 0. The molecule has 4 nitrogen and oxygen atoms in total. The zero-order valence-corrected chi connectivity index (χ0v) is 11.6. The van der Waals surface area contributed by atoms with Crippen molar-refractivity contribution < 1.29 is 4.79 Å². The molecule has 1 saturated carbocycles. The van der Waals surface area contributed by atoms with Crippen molar-refractivity contribution in [2.45, 2.75) is 57.5 Å². The number of nitrogens with one attached hydrogen (secondary N) is 2. The number of carbonyl (C=O) groups is 1. The molecule has 1 unspecified atom stereocenters. The maximum atomic E-state index is 11.9. The summed E-state index contributed by atoms with van der Waals surface area (Å²) in [4.78, 5) is 14.3. The van der Waals surface area contributed by atoms with Crippen molar-refractivity contribution in [3.05, 3.63) is 0 Å². The number of hydrogen-bond acceptors (Lipinski definition) is 3. The molecule has 104 valence electrons. The monoisotopic (exact) mass is 253 g/mol. The molecule has 0 aromatic heterocycles. The molecule has 0 aromatic rings. The molecule has 2 fully saturated rings. The maximum Gasteiger partial charge on any atom is 0.234 e. The van der Waals surface area contributed by atoms with Gasteiger partial charge >= 0.3 is 0 Å². The average molecular weight is 253 g/mol. The van der Waals surface area contributed by atoms with E-state index in [1.807, 2.05) is 0 Å². The van der Waals surface area contributed by atoms with Crippen LogP contribution < -0.4 is 10.6 Å². The summed E-state index contributed by atoms with van der Waals surface area (Å²) >= 11 is 0. The molecular weight excluding hydrogens is 226 g/mol. The van der Waals surface area contributed by atoms with Crippen molar-refractivity contribution in [1.82, 2.24) is 15.5 Å². The summed E-state index contributed by atoms with van der Waals surface area (Å²) in [6.07, 6.45) is 7.43. The fourth-order valence-corrected chi connectivity index (χ4v) is 3.11. The van der Waals surface area contributed by atoms with E-state index in [1.165, 1.54) is 38.6 Å². The van der Waals surface area contributed by atoms with Gasteiger partial charge in [-0.3, -0.25) is 4.79 Å². The summed E-state index contributed by atoms with van der Waals surface area (Å²) in [5.41, 5.74) is 0. The summed E-state index contributed by atoms with van der Waals surface area (Å²) < 4.78 is 0. The van der Waals surface area contributed by atoms with Gasteiger partial charge in [-0.2, -0.15) is 0 Å². The third-order valence-corrected chi connectivity index (χ3v) is 4.22. The smallest absolute Gasteiger partial charge is 0.234 e. The predicted molar refractivity (Wildman–Crippen MR) is 73.5 cm³/mol. The Hall–Kier alpha value is -0.610. The second-order valence-electron chi connectivity index (χ2n) is 5.66. The van der Waals surface area contributed by atoms with Crippen molar-refractivity contribution >= 4 is 5.91 Å². The molecule has 1 atom stereocenters. The van der Waals surface area contributed by atoms with E-state index in [2.05, 4.69) is 22.5 Å². The van der Waals surface area contributed by atoms with Gasteiger partial charge in [-0.1, -0.05) is 19.8 Å². The first-order valence-electron chi connectivity index (χ1n) is 7.53. The topological polar surface area (TPSA) is 44.4 Å². The lowest BCUT2D eigenvalue weighted by atomic mass is 10.1. The normalized spacial score (nSPS) is 26.4. The minimum atomic E-state index is 0.171.